The van der Waals surface area contributed by atoms with Crippen LogP contribution < -0.4 is 10.2 Å². The van der Waals surface area contributed by atoms with Crippen molar-refractivity contribution >= 4 is 5.69 Å². The molecule has 0 amide bonds. The Morgan fingerprint density at radius 3 is 2.71 bits per heavy atom. The minimum Gasteiger partial charge on any atom is -0.380 e. The fourth-order valence-electron chi connectivity index (χ4n) is 2.23. The number of anilines is 1. The maximum Gasteiger partial charge on any atom is 0.123 e. The van der Waals surface area contributed by atoms with Crippen molar-refractivity contribution in [3.8, 4) is 0 Å². The Morgan fingerprint density at radius 2 is 2.12 bits per heavy atom. The third-order valence-electron chi connectivity index (χ3n) is 3.28. The zero-order chi connectivity index (χ0) is 12.3. The summed E-state index contributed by atoms with van der Waals surface area (Å²) in [5, 5.41) is 3.43. The highest BCUT2D eigenvalue weighted by atomic mass is 19.1. The number of rotatable bonds is 4. The van der Waals surface area contributed by atoms with Crippen molar-refractivity contribution in [2.75, 3.05) is 32.1 Å². The van der Waals surface area contributed by atoms with Gasteiger partial charge in [-0.3, -0.25) is 0 Å². The zero-order valence-corrected chi connectivity index (χ0v) is 10.3. The number of halogens is 1. The van der Waals surface area contributed by atoms with Gasteiger partial charge in [-0.2, -0.15) is 0 Å². The van der Waals surface area contributed by atoms with Crippen LogP contribution in [0.3, 0.4) is 0 Å². The molecule has 1 aromatic rings. The van der Waals surface area contributed by atoms with Crippen molar-refractivity contribution in [2.45, 2.75) is 18.6 Å². The highest BCUT2D eigenvalue weighted by Gasteiger charge is 2.24. The van der Waals surface area contributed by atoms with Crippen molar-refractivity contribution in [1.82, 2.24) is 5.32 Å². The van der Waals surface area contributed by atoms with Crippen LogP contribution in [0.25, 0.3) is 0 Å². The summed E-state index contributed by atoms with van der Waals surface area (Å²) < 4.78 is 18.1. The lowest BCUT2D eigenvalue weighted by atomic mass is 10.2. The van der Waals surface area contributed by atoms with E-state index in [-0.39, 0.29) is 5.82 Å². The molecule has 0 bridgehead atoms. The predicted octanol–water partition coefficient (Wildman–Crippen LogP) is 1.64. The van der Waals surface area contributed by atoms with E-state index in [1.165, 1.54) is 12.1 Å². The number of benzene rings is 1. The third-order valence-corrected chi connectivity index (χ3v) is 3.28. The zero-order valence-electron chi connectivity index (χ0n) is 10.3. The summed E-state index contributed by atoms with van der Waals surface area (Å²) >= 11 is 0. The van der Waals surface area contributed by atoms with Crippen molar-refractivity contribution in [3.05, 3.63) is 30.1 Å². The maximum absolute atomic E-state index is 12.8. The molecule has 1 aliphatic heterocycles. The minimum atomic E-state index is -0.194. The second-order valence-corrected chi connectivity index (χ2v) is 4.56. The van der Waals surface area contributed by atoms with Gasteiger partial charge in [-0.1, -0.05) is 0 Å². The fraction of sp³-hybridized carbons (Fsp3) is 0.538. The molecule has 3 nitrogen and oxygen atoms in total. The first kappa shape index (κ1) is 12.3. The first-order chi connectivity index (χ1) is 8.19. The summed E-state index contributed by atoms with van der Waals surface area (Å²) in [6.45, 7) is 1.82. The van der Waals surface area contributed by atoms with Crippen LogP contribution in [0, 0.1) is 5.82 Å². The van der Waals surface area contributed by atoms with E-state index in [2.05, 4.69) is 10.2 Å². The normalized spacial score (nSPS) is 23.9. The van der Waals surface area contributed by atoms with Crippen molar-refractivity contribution < 1.29 is 9.13 Å². The van der Waals surface area contributed by atoms with Gasteiger partial charge in [-0.05, 0) is 30.7 Å². The number of hydrogen-bond acceptors (Lipinski definition) is 3. The lowest BCUT2D eigenvalue weighted by molar-refractivity contribution is 0.117. The van der Waals surface area contributed by atoms with Crippen molar-refractivity contribution in [2.24, 2.45) is 0 Å². The molecule has 0 aromatic heterocycles. The molecule has 4 heteroatoms. The molecule has 17 heavy (non-hydrogen) atoms. The third kappa shape index (κ3) is 3.17. The van der Waals surface area contributed by atoms with Crippen LogP contribution >= 0.6 is 0 Å². The molecule has 1 saturated heterocycles. The SMILES string of the molecule is COC1CNC(CN(C)c2ccc(F)cc2)C1. The molecule has 0 aliphatic carbocycles. The van der Waals surface area contributed by atoms with Gasteiger partial charge in [-0.15, -0.1) is 0 Å². The molecule has 1 aliphatic rings. The molecular formula is C13H19FN2O. The monoisotopic (exact) mass is 238 g/mol. The Morgan fingerprint density at radius 1 is 1.41 bits per heavy atom. The van der Waals surface area contributed by atoms with Gasteiger partial charge in [0, 0.05) is 39.0 Å². The van der Waals surface area contributed by atoms with Crippen LogP contribution in [0.15, 0.2) is 24.3 Å². The molecule has 1 fully saturated rings. The van der Waals surface area contributed by atoms with Gasteiger partial charge in [0.25, 0.3) is 0 Å². The van der Waals surface area contributed by atoms with E-state index in [4.69, 9.17) is 4.74 Å². The topological polar surface area (TPSA) is 24.5 Å². The van der Waals surface area contributed by atoms with Crippen molar-refractivity contribution in [3.63, 3.8) is 0 Å². The highest BCUT2D eigenvalue weighted by molar-refractivity contribution is 5.45. The van der Waals surface area contributed by atoms with Gasteiger partial charge in [0.15, 0.2) is 0 Å². The summed E-state index contributed by atoms with van der Waals surface area (Å²) in [7, 11) is 3.77. The van der Waals surface area contributed by atoms with Gasteiger partial charge in [0.1, 0.15) is 5.82 Å². The molecule has 0 radical (unpaired) electrons. The molecule has 1 heterocycles. The quantitative estimate of drug-likeness (QED) is 0.863. The van der Waals surface area contributed by atoms with Crippen molar-refractivity contribution in [1.29, 1.82) is 0 Å². The number of hydrogen-bond donors (Lipinski definition) is 1. The van der Waals surface area contributed by atoms with E-state index in [9.17, 15) is 4.39 Å². The van der Waals surface area contributed by atoms with Gasteiger partial charge in [0.2, 0.25) is 0 Å². The van der Waals surface area contributed by atoms with Gasteiger partial charge < -0.3 is 15.0 Å². The number of nitrogens with zero attached hydrogens (tertiary/aromatic N) is 1. The second-order valence-electron chi connectivity index (χ2n) is 4.56. The molecule has 94 valence electrons. The molecule has 1 N–H and O–H groups in total. The Kier molecular flexibility index (Phi) is 3.97. The maximum atomic E-state index is 12.8. The van der Waals surface area contributed by atoms with Gasteiger partial charge >= 0.3 is 0 Å². The van der Waals surface area contributed by atoms with Crippen LogP contribution in [0.1, 0.15) is 6.42 Å². The second kappa shape index (κ2) is 5.47. The van der Waals surface area contributed by atoms with Gasteiger partial charge in [-0.25, -0.2) is 4.39 Å². The van der Waals surface area contributed by atoms with Crippen LogP contribution in [0.4, 0.5) is 10.1 Å². The molecule has 0 spiro atoms. The highest BCUT2D eigenvalue weighted by Crippen LogP contribution is 2.16. The standard InChI is InChI=1S/C13H19FN2O/c1-16(12-5-3-10(14)4-6-12)9-11-7-13(17-2)8-15-11/h3-6,11,13,15H,7-9H2,1-2H3. The Bertz CT molecular complexity index is 355. The first-order valence-electron chi connectivity index (χ1n) is 5.92. The lowest BCUT2D eigenvalue weighted by Gasteiger charge is -2.23. The molecule has 1 aromatic carbocycles. The van der Waals surface area contributed by atoms with Crippen LogP contribution in [-0.4, -0.2) is 39.4 Å². The van der Waals surface area contributed by atoms with E-state index in [0.717, 1.165) is 25.2 Å². The van der Waals surface area contributed by atoms with E-state index in [1.54, 1.807) is 19.2 Å². The molecule has 2 atom stereocenters. The molecular weight excluding hydrogens is 219 g/mol. The summed E-state index contributed by atoms with van der Waals surface area (Å²) in [5.41, 5.74) is 1.04. The Labute approximate surface area is 102 Å². The van der Waals surface area contributed by atoms with Crippen LogP contribution in [0.2, 0.25) is 0 Å². The number of nitrogens with one attached hydrogen (secondary N) is 1. The van der Waals surface area contributed by atoms with E-state index < -0.39 is 0 Å². The average Bonchev–Trinajstić information content (AvgIpc) is 2.77. The lowest BCUT2D eigenvalue weighted by Crippen LogP contribution is -2.35. The Hall–Kier alpha value is -1.13. The van der Waals surface area contributed by atoms with E-state index >= 15 is 0 Å². The fourth-order valence-corrected chi connectivity index (χ4v) is 2.23. The summed E-state index contributed by atoms with van der Waals surface area (Å²) in [5.74, 6) is -0.194. The largest absolute Gasteiger partial charge is 0.380 e. The number of ether oxygens (including phenoxy) is 1. The van der Waals surface area contributed by atoms with Gasteiger partial charge in [0.05, 0.1) is 6.10 Å². The molecule has 2 rings (SSSR count). The summed E-state index contributed by atoms with van der Waals surface area (Å²) in [6, 6.07) is 7.03. The Balaban J connectivity index is 1.89. The van der Waals surface area contributed by atoms with E-state index in [0.29, 0.717) is 12.1 Å². The number of methoxy groups -OCH3 is 1. The molecule has 2 unspecified atom stereocenters. The summed E-state index contributed by atoms with van der Waals surface area (Å²) in [6.07, 6.45) is 1.35. The summed E-state index contributed by atoms with van der Waals surface area (Å²) in [4.78, 5) is 2.13. The first-order valence-corrected chi connectivity index (χ1v) is 5.92. The van der Waals surface area contributed by atoms with Crippen LogP contribution in [0.5, 0.6) is 0 Å². The number of likely N-dealkylation sites (N-methyl/N-ethyl adjacent to an activating group) is 1. The van der Waals surface area contributed by atoms with E-state index in [1.807, 2.05) is 7.05 Å². The average molecular weight is 238 g/mol. The molecule has 0 saturated carbocycles. The minimum absolute atomic E-state index is 0.194. The smallest absolute Gasteiger partial charge is 0.123 e. The predicted molar refractivity (Wildman–Crippen MR) is 66.9 cm³/mol. The van der Waals surface area contributed by atoms with Crippen LogP contribution in [-0.2, 0) is 4.74 Å².